The second-order valence-corrected chi connectivity index (χ2v) is 4.68. The molecule has 1 aliphatic heterocycles. The van der Waals surface area contributed by atoms with Crippen LogP contribution < -0.4 is 10.5 Å². The third kappa shape index (κ3) is 2.42. The van der Waals surface area contributed by atoms with Gasteiger partial charge in [0.15, 0.2) is 0 Å². The summed E-state index contributed by atoms with van der Waals surface area (Å²) >= 11 is 0. The Balaban J connectivity index is 2.18. The smallest absolute Gasteiger partial charge is 0.222 e. The van der Waals surface area contributed by atoms with Crippen LogP contribution in [0.1, 0.15) is 31.2 Å². The largest absolute Gasteiger partial charge is 0.496 e. The van der Waals surface area contributed by atoms with E-state index in [0.717, 1.165) is 36.5 Å². The second kappa shape index (κ2) is 5.29. The van der Waals surface area contributed by atoms with Crippen LogP contribution in [0.25, 0.3) is 0 Å². The van der Waals surface area contributed by atoms with E-state index in [1.165, 1.54) is 0 Å². The maximum Gasteiger partial charge on any atom is 0.222 e. The number of anilines is 1. The Kier molecular flexibility index (Phi) is 3.75. The van der Waals surface area contributed by atoms with Gasteiger partial charge in [-0.15, -0.1) is 0 Å². The Hall–Kier alpha value is -1.71. The van der Waals surface area contributed by atoms with Gasteiger partial charge in [-0.25, -0.2) is 0 Å². The number of hydrogen-bond donors (Lipinski definition) is 1. The van der Waals surface area contributed by atoms with Crippen molar-refractivity contribution in [3.05, 3.63) is 23.8 Å². The number of carbonyl (C=O) groups is 1. The van der Waals surface area contributed by atoms with Gasteiger partial charge in [-0.3, -0.25) is 4.79 Å². The number of nitrogen functional groups attached to an aromatic ring is 1. The normalized spacial score (nSPS) is 19.0. The number of likely N-dealkylation sites (tertiary alicyclic amines) is 1. The average Bonchev–Trinajstić information content (AvgIpc) is 2.87. The summed E-state index contributed by atoms with van der Waals surface area (Å²) in [7, 11) is 1.67. The Morgan fingerprint density at radius 2 is 2.33 bits per heavy atom. The minimum Gasteiger partial charge on any atom is -0.496 e. The molecule has 0 aliphatic carbocycles. The highest BCUT2D eigenvalue weighted by atomic mass is 16.5. The van der Waals surface area contributed by atoms with E-state index in [4.69, 9.17) is 10.5 Å². The van der Waals surface area contributed by atoms with Crippen LogP contribution in [0.4, 0.5) is 5.69 Å². The summed E-state index contributed by atoms with van der Waals surface area (Å²) in [5.41, 5.74) is 7.69. The van der Waals surface area contributed by atoms with E-state index in [-0.39, 0.29) is 5.91 Å². The van der Waals surface area contributed by atoms with Crippen LogP contribution in [0.3, 0.4) is 0 Å². The van der Waals surface area contributed by atoms with Crippen molar-refractivity contribution in [2.75, 3.05) is 25.9 Å². The highest BCUT2D eigenvalue weighted by molar-refractivity contribution is 5.76. The third-order valence-electron chi connectivity index (χ3n) is 3.54. The van der Waals surface area contributed by atoms with Crippen molar-refractivity contribution in [1.29, 1.82) is 0 Å². The van der Waals surface area contributed by atoms with Crippen molar-refractivity contribution >= 4 is 11.6 Å². The fourth-order valence-electron chi connectivity index (χ4n) is 2.54. The summed E-state index contributed by atoms with van der Waals surface area (Å²) in [6.07, 6.45) is 1.55. The van der Waals surface area contributed by atoms with Gasteiger partial charge in [-0.1, -0.05) is 6.92 Å². The average molecular weight is 248 g/mol. The molecule has 0 saturated carbocycles. The van der Waals surface area contributed by atoms with E-state index in [9.17, 15) is 4.79 Å². The van der Waals surface area contributed by atoms with Crippen molar-refractivity contribution in [3.8, 4) is 5.75 Å². The Bertz CT molecular complexity index is 445. The topological polar surface area (TPSA) is 55.6 Å². The zero-order chi connectivity index (χ0) is 13.1. The number of methoxy groups -OCH3 is 1. The minimum absolute atomic E-state index is 0.223. The molecule has 1 fully saturated rings. The second-order valence-electron chi connectivity index (χ2n) is 4.68. The Labute approximate surface area is 108 Å². The molecule has 1 unspecified atom stereocenters. The van der Waals surface area contributed by atoms with E-state index < -0.39 is 0 Å². The number of ether oxygens (including phenoxy) is 1. The lowest BCUT2D eigenvalue weighted by atomic mass is 9.97. The SMILES string of the molecule is CCC(=O)N1CCC(c2cc(N)ccc2OC)C1. The molecule has 1 aromatic rings. The fourth-order valence-corrected chi connectivity index (χ4v) is 2.54. The minimum atomic E-state index is 0.223. The fraction of sp³-hybridized carbons (Fsp3) is 0.500. The summed E-state index contributed by atoms with van der Waals surface area (Å²) in [5, 5.41) is 0. The van der Waals surface area contributed by atoms with Crippen LogP contribution in [-0.2, 0) is 4.79 Å². The molecule has 2 rings (SSSR count). The van der Waals surface area contributed by atoms with Crippen molar-refractivity contribution in [2.45, 2.75) is 25.7 Å². The first-order valence-corrected chi connectivity index (χ1v) is 6.37. The number of nitrogens with zero attached hydrogens (tertiary/aromatic N) is 1. The molecular weight excluding hydrogens is 228 g/mol. The quantitative estimate of drug-likeness (QED) is 0.832. The zero-order valence-corrected chi connectivity index (χ0v) is 11.0. The first kappa shape index (κ1) is 12.7. The van der Waals surface area contributed by atoms with E-state index in [1.54, 1.807) is 7.11 Å². The first-order chi connectivity index (χ1) is 8.65. The highest BCUT2D eigenvalue weighted by Gasteiger charge is 2.28. The predicted octanol–water partition coefficient (Wildman–Crippen LogP) is 2.00. The lowest BCUT2D eigenvalue weighted by molar-refractivity contribution is -0.129. The van der Waals surface area contributed by atoms with Gasteiger partial charge in [0.25, 0.3) is 0 Å². The van der Waals surface area contributed by atoms with Crippen molar-refractivity contribution in [3.63, 3.8) is 0 Å². The van der Waals surface area contributed by atoms with Gasteiger partial charge in [0.05, 0.1) is 7.11 Å². The van der Waals surface area contributed by atoms with Gasteiger partial charge in [-0.05, 0) is 24.6 Å². The molecule has 18 heavy (non-hydrogen) atoms. The molecule has 4 nitrogen and oxygen atoms in total. The zero-order valence-electron chi connectivity index (χ0n) is 11.0. The number of carbonyl (C=O) groups excluding carboxylic acids is 1. The molecule has 1 atom stereocenters. The molecule has 1 aliphatic rings. The predicted molar refractivity (Wildman–Crippen MR) is 71.6 cm³/mol. The van der Waals surface area contributed by atoms with Gasteiger partial charge in [0.1, 0.15) is 5.75 Å². The van der Waals surface area contributed by atoms with Gasteiger partial charge in [0, 0.05) is 36.7 Å². The van der Waals surface area contributed by atoms with Crippen LogP contribution in [0.5, 0.6) is 5.75 Å². The Morgan fingerprint density at radius 3 is 3.00 bits per heavy atom. The van der Waals surface area contributed by atoms with Gasteiger partial charge in [-0.2, -0.15) is 0 Å². The van der Waals surface area contributed by atoms with Gasteiger partial charge < -0.3 is 15.4 Å². The van der Waals surface area contributed by atoms with Crippen molar-refractivity contribution in [2.24, 2.45) is 0 Å². The highest BCUT2D eigenvalue weighted by Crippen LogP contribution is 2.34. The van der Waals surface area contributed by atoms with Crippen LogP contribution in [0.15, 0.2) is 18.2 Å². The number of benzene rings is 1. The lowest BCUT2D eigenvalue weighted by Gasteiger charge is -2.17. The molecule has 0 aromatic heterocycles. The molecule has 0 spiro atoms. The van der Waals surface area contributed by atoms with E-state index >= 15 is 0 Å². The molecule has 0 bridgehead atoms. The third-order valence-corrected chi connectivity index (χ3v) is 3.54. The summed E-state index contributed by atoms with van der Waals surface area (Å²) in [6, 6.07) is 5.70. The number of rotatable bonds is 3. The van der Waals surface area contributed by atoms with Crippen LogP contribution in [0.2, 0.25) is 0 Å². The van der Waals surface area contributed by atoms with E-state index in [0.29, 0.717) is 12.3 Å². The van der Waals surface area contributed by atoms with Crippen LogP contribution in [-0.4, -0.2) is 31.0 Å². The summed E-state index contributed by atoms with van der Waals surface area (Å²) in [4.78, 5) is 13.6. The maximum absolute atomic E-state index is 11.7. The first-order valence-electron chi connectivity index (χ1n) is 6.37. The van der Waals surface area contributed by atoms with Crippen LogP contribution >= 0.6 is 0 Å². The maximum atomic E-state index is 11.7. The molecule has 98 valence electrons. The summed E-state index contributed by atoms with van der Waals surface area (Å²) in [5.74, 6) is 1.42. The summed E-state index contributed by atoms with van der Waals surface area (Å²) in [6.45, 7) is 3.50. The lowest BCUT2D eigenvalue weighted by Crippen LogP contribution is -2.27. The van der Waals surface area contributed by atoms with Crippen LogP contribution in [0, 0.1) is 0 Å². The van der Waals surface area contributed by atoms with Crippen molar-refractivity contribution < 1.29 is 9.53 Å². The molecule has 1 saturated heterocycles. The van der Waals surface area contributed by atoms with E-state index in [1.807, 2.05) is 30.0 Å². The molecule has 0 radical (unpaired) electrons. The molecule has 1 amide bonds. The number of amides is 1. The standard InChI is InChI=1S/C14H20N2O2/c1-3-14(17)16-7-6-10(9-16)12-8-11(15)4-5-13(12)18-2/h4-5,8,10H,3,6-7,9,15H2,1-2H3. The van der Waals surface area contributed by atoms with Gasteiger partial charge >= 0.3 is 0 Å². The molecule has 1 aromatic carbocycles. The molecule has 2 N–H and O–H groups in total. The number of nitrogens with two attached hydrogens (primary N) is 1. The monoisotopic (exact) mass is 248 g/mol. The molecule has 4 heteroatoms. The Morgan fingerprint density at radius 1 is 1.56 bits per heavy atom. The van der Waals surface area contributed by atoms with Gasteiger partial charge in [0.2, 0.25) is 5.91 Å². The van der Waals surface area contributed by atoms with Crippen molar-refractivity contribution in [1.82, 2.24) is 4.90 Å². The number of hydrogen-bond acceptors (Lipinski definition) is 3. The molecular formula is C14H20N2O2. The van der Waals surface area contributed by atoms with E-state index in [2.05, 4.69) is 0 Å². The summed E-state index contributed by atoms with van der Waals surface area (Å²) < 4.78 is 5.38. The molecule has 1 heterocycles.